The molecule has 6 nitrogen and oxygen atoms in total. The van der Waals surface area contributed by atoms with Crippen LogP contribution in [0.2, 0.25) is 0 Å². The van der Waals surface area contributed by atoms with Crippen LogP contribution in [0.3, 0.4) is 0 Å². The molecule has 0 aromatic heterocycles. The van der Waals surface area contributed by atoms with Crippen molar-refractivity contribution in [2.45, 2.75) is 18.2 Å². The normalized spacial score (nSPS) is 15.0. The first-order valence-electron chi connectivity index (χ1n) is 3.80. The zero-order valence-electron chi connectivity index (χ0n) is 9.51. The smallest absolute Gasteiger partial charge is 1.00 e. The van der Waals surface area contributed by atoms with Gasteiger partial charge in [0.1, 0.15) is 0 Å². The number of carboxylic acids is 3. The fourth-order valence-electron chi connectivity index (χ4n) is 0.939. The van der Waals surface area contributed by atoms with Gasteiger partial charge in [-0.25, -0.2) is 27.6 Å². The van der Waals surface area contributed by atoms with Crippen molar-refractivity contribution in [3.05, 3.63) is 0 Å². The summed E-state index contributed by atoms with van der Waals surface area (Å²) in [6, 6.07) is 0. The molecule has 17 heavy (non-hydrogen) atoms. The Hall–Kier alpha value is -0.735. The van der Waals surface area contributed by atoms with Gasteiger partial charge < -0.3 is 16.7 Å². The number of hydrogen-bond acceptors (Lipinski definition) is 3. The molecule has 0 bridgehead atoms. The van der Waals surface area contributed by atoms with Crippen LogP contribution in [0.5, 0.6) is 0 Å². The number of carboxylic acid groups (broad SMARTS) is 3. The van der Waals surface area contributed by atoms with Gasteiger partial charge in [0, 0.05) is 0 Å². The van der Waals surface area contributed by atoms with Gasteiger partial charge >= 0.3 is 54.2 Å². The third-order valence-corrected chi connectivity index (χ3v) is 1.72. The monoisotopic (exact) mass is 266 g/mol. The molecule has 0 rings (SSSR count). The number of rotatable bonds is 6. The molecule has 3 N–H and O–H groups in total. The minimum Gasteiger partial charge on any atom is -1.00 e. The van der Waals surface area contributed by atoms with E-state index in [0.717, 1.165) is 0 Å². The van der Waals surface area contributed by atoms with Crippen LogP contribution >= 0.6 is 0 Å². The van der Waals surface area contributed by atoms with Gasteiger partial charge in [-0.2, -0.15) is 0 Å². The van der Waals surface area contributed by atoms with E-state index in [1.165, 1.54) is 0 Å². The number of carbonyl (C=O) groups is 3. The number of aliphatic carboxylic acids is 3. The molecule has 3 unspecified atom stereocenters. The average Bonchev–Trinajstić information content (AvgIpc) is 2.16. The summed E-state index contributed by atoms with van der Waals surface area (Å²) in [4.78, 5) is 30.3. The van der Waals surface area contributed by atoms with Crippen LogP contribution < -0.4 is 29.6 Å². The van der Waals surface area contributed by atoms with E-state index in [9.17, 15) is 27.6 Å². The molecule has 3 atom stereocenters. The fourth-order valence-corrected chi connectivity index (χ4v) is 0.939. The van der Waals surface area contributed by atoms with Gasteiger partial charge in [-0.1, -0.05) is 0 Å². The molecule has 0 aromatic rings. The second-order valence-corrected chi connectivity index (χ2v) is 2.80. The number of hydrogen-bond donors (Lipinski definition) is 3. The summed E-state index contributed by atoms with van der Waals surface area (Å²) in [7, 11) is 0. The molecule has 92 valence electrons. The molecule has 0 saturated heterocycles. The molecule has 11 heteroatoms. The van der Waals surface area contributed by atoms with Crippen molar-refractivity contribution in [3.63, 3.8) is 0 Å². The van der Waals surface area contributed by atoms with E-state index < -0.39 is 42.8 Å². The minimum absolute atomic E-state index is 0. The van der Waals surface area contributed by atoms with Crippen molar-refractivity contribution < 1.29 is 73.9 Å². The molecule has 0 saturated carbocycles. The maximum Gasteiger partial charge on any atom is 1.00 e. The number of halogens is 3. The Balaban J connectivity index is -0.00000112. The van der Waals surface area contributed by atoms with Crippen molar-refractivity contribution in [1.82, 2.24) is 0 Å². The van der Waals surface area contributed by atoms with Gasteiger partial charge in [0.05, 0.1) is 0 Å². The Bertz CT molecular complexity index is 274. The second kappa shape index (κ2) is 7.56. The molecule has 0 amide bonds. The van der Waals surface area contributed by atoms with E-state index >= 15 is 0 Å². The molecular formula is C6H7BF3NaO6. The Morgan fingerprint density at radius 3 is 1.12 bits per heavy atom. The standard InChI is InChI=1S/C6H6BF3O6.Na.H/c8-1(4(11)12)7(2(9)5(13)14)3(10)6(15)16;;/h1-3H,(H,11,12)(H,13,14)(H,15,16);;/q;+1;-1. The van der Waals surface area contributed by atoms with E-state index in [2.05, 4.69) is 0 Å². The van der Waals surface area contributed by atoms with Gasteiger partial charge in [0.15, 0.2) is 18.2 Å². The zero-order chi connectivity index (χ0) is 13.0. The van der Waals surface area contributed by atoms with Crippen LogP contribution in [0.4, 0.5) is 13.2 Å². The Morgan fingerprint density at radius 1 is 0.824 bits per heavy atom. The Kier molecular flexibility index (Phi) is 8.29. The van der Waals surface area contributed by atoms with Crippen molar-refractivity contribution in [3.8, 4) is 0 Å². The van der Waals surface area contributed by atoms with Crippen molar-refractivity contribution in [2.24, 2.45) is 0 Å². The van der Waals surface area contributed by atoms with Crippen molar-refractivity contribution >= 4 is 24.6 Å². The van der Waals surface area contributed by atoms with Gasteiger partial charge in [-0.05, 0) is 0 Å². The first-order valence-corrected chi connectivity index (χ1v) is 3.80. The second-order valence-electron chi connectivity index (χ2n) is 2.80. The SMILES string of the molecule is O=C(O)C(F)B(C(F)C(=O)O)C(F)C(=O)O.[H-].[Na+]. The molecule has 0 aliphatic heterocycles. The third kappa shape index (κ3) is 4.96. The summed E-state index contributed by atoms with van der Waals surface area (Å²) in [5.41, 5.74) is 0. The van der Waals surface area contributed by atoms with E-state index in [0.29, 0.717) is 0 Å². The Labute approximate surface area is 117 Å². The summed E-state index contributed by atoms with van der Waals surface area (Å²) in [6.07, 6.45) is -9.80. The van der Waals surface area contributed by atoms with Gasteiger partial charge in [-0.3, -0.25) is 0 Å². The molecule has 0 aromatic carbocycles. The first-order chi connectivity index (χ1) is 7.20. The van der Waals surface area contributed by atoms with E-state index in [1.54, 1.807) is 0 Å². The van der Waals surface area contributed by atoms with E-state index in [1.807, 2.05) is 0 Å². The van der Waals surface area contributed by atoms with Gasteiger partial charge in [-0.15, -0.1) is 0 Å². The summed E-state index contributed by atoms with van der Waals surface area (Å²) < 4.78 is 38.4. The molecule has 0 radical (unpaired) electrons. The predicted molar refractivity (Wildman–Crippen MR) is 44.5 cm³/mol. The summed E-state index contributed by atoms with van der Waals surface area (Å²) in [5, 5.41) is 24.4. The average molecular weight is 266 g/mol. The maximum absolute atomic E-state index is 12.8. The van der Waals surface area contributed by atoms with Crippen LogP contribution in [0.1, 0.15) is 1.43 Å². The largest absolute Gasteiger partial charge is 1.00 e. The molecule has 0 aliphatic rings. The zero-order valence-corrected chi connectivity index (χ0v) is 10.5. The quantitative estimate of drug-likeness (QED) is 0.430. The molecule has 0 spiro atoms. The van der Waals surface area contributed by atoms with Gasteiger partial charge in [0.25, 0.3) is 0 Å². The maximum atomic E-state index is 12.8. The summed E-state index contributed by atoms with van der Waals surface area (Å²) >= 11 is 0. The molecule has 0 heterocycles. The fraction of sp³-hybridized carbons (Fsp3) is 0.500. The van der Waals surface area contributed by atoms with Gasteiger partial charge in [0.2, 0.25) is 0 Å². The molecule has 0 fully saturated rings. The topological polar surface area (TPSA) is 112 Å². The van der Waals surface area contributed by atoms with Crippen molar-refractivity contribution in [2.75, 3.05) is 0 Å². The van der Waals surface area contributed by atoms with Crippen LogP contribution in [0, 0.1) is 0 Å². The third-order valence-electron chi connectivity index (χ3n) is 1.72. The van der Waals surface area contributed by atoms with E-state index in [-0.39, 0.29) is 31.0 Å². The van der Waals surface area contributed by atoms with Crippen LogP contribution in [0.15, 0.2) is 0 Å². The summed E-state index contributed by atoms with van der Waals surface area (Å²) in [6.45, 7) is -2.94. The summed E-state index contributed by atoms with van der Waals surface area (Å²) in [5.74, 6) is -7.01. The minimum atomic E-state index is -3.27. The van der Waals surface area contributed by atoms with Crippen LogP contribution in [0.25, 0.3) is 0 Å². The van der Waals surface area contributed by atoms with Crippen LogP contribution in [-0.2, 0) is 14.4 Å². The molecular weight excluding hydrogens is 259 g/mol. The van der Waals surface area contributed by atoms with Crippen LogP contribution in [-0.4, -0.2) is 58.2 Å². The van der Waals surface area contributed by atoms with E-state index in [4.69, 9.17) is 15.3 Å². The number of alkyl halides is 3. The van der Waals surface area contributed by atoms with Crippen molar-refractivity contribution in [1.29, 1.82) is 0 Å². The first kappa shape index (κ1) is 18.6. The Morgan fingerprint density at radius 2 is 1.00 bits per heavy atom. The predicted octanol–water partition coefficient (Wildman–Crippen LogP) is -3.52. The molecule has 0 aliphatic carbocycles.